The Morgan fingerprint density at radius 3 is 2.73 bits per heavy atom. The monoisotopic (exact) mass is 373 g/mol. The van der Waals surface area contributed by atoms with Crippen LogP contribution in [0, 0.1) is 0 Å². The first-order chi connectivity index (χ1) is 12.3. The summed E-state index contributed by atoms with van der Waals surface area (Å²) < 4.78 is 23.7. The van der Waals surface area contributed by atoms with E-state index in [4.69, 9.17) is 0 Å². The first kappa shape index (κ1) is 15.9. The van der Waals surface area contributed by atoms with Crippen molar-refractivity contribution in [2.45, 2.75) is 31.3 Å². The average molecular weight is 373 g/mol. The van der Waals surface area contributed by atoms with Crippen molar-refractivity contribution >= 4 is 32.7 Å². The highest BCUT2D eigenvalue weighted by Crippen LogP contribution is 2.45. The highest BCUT2D eigenvalue weighted by Gasteiger charge is 2.60. The third-order valence-corrected chi connectivity index (χ3v) is 7.82. The molecule has 1 N–H and O–H groups in total. The van der Waals surface area contributed by atoms with E-state index in [1.54, 1.807) is 11.8 Å². The Bertz CT molecular complexity index is 1070. The SMILES string of the molecule is C[C@]12C(=O)N([C@H]3CCS(=O)(=O)C3)C(=O)N1CCc1c2[nH]c2ccccc12. The minimum atomic E-state index is -3.19. The number of para-hydroxylation sites is 1. The lowest BCUT2D eigenvalue weighted by Gasteiger charge is -2.36. The van der Waals surface area contributed by atoms with Gasteiger partial charge in [0, 0.05) is 17.4 Å². The molecule has 0 radical (unpaired) electrons. The van der Waals surface area contributed by atoms with Gasteiger partial charge in [0.1, 0.15) is 0 Å². The highest BCUT2D eigenvalue weighted by atomic mass is 32.2. The number of carbonyl (C=O) groups is 2. The maximum atomic E-state index is 13.4. The number of sulfone groups is 1. The number of aromatic amines is 1. The first-order valence-electron chi connectivity index (χ1n) is 8.79. The highest BCUT2D eigenvalue weighted by molar-refractivity contribution is 7.91. The lowest BCUT2D eigenvalue weighted by Crippen LogP contribution is -2.49. The predicted molar refractivity (Wildman–Crippen MR) is 95.4 cm³/mol. The zero-order chi connectivity index (χ0) is 18.3. The predicted octanol–water partition coefficient (Wildman–Crippen LogP) is 1.39. The van der Waals surface area contributed by atoms with Crippen molar-refractivity contribution in [3.05, 3.63) is 35.5 Å². The van der Waals surface area contributed by atoms with Crippen LogP contribution in [0.4, 0.5) is 4.79 Å². The van der Waals surface area contributed by atoms with E-state index in [9.17, 15) is 18.0 Å². The number of nitrogens with zero attached hydrogens (tertiary/aromatic N) is 2. The quantitative estimate of drug-likeness (QED) is 0.765. The van der Waals surface area contributed by atoms with Crippen molar-refractivity contribution < 1.29 is 18.0 Å². The van der Waals surface area contributed by atoms with Crippen LogP contribution < -0.4 is 0 Å². The molecule has 3 aliphatic heterocycles. The van der Waals surface area contributed by atoms with Crippen LogP contribution in [0.15, 0.2) is 24.3 Å². The number of aromatic nitrogens is 1. The van der Waals surface area contributed by atoms with Gasteiger partial charge in [-0.15, -0.1) is 0 Å². The third-order valence-electron chi connectivity index (χ3n) is 6.07. The number of H-pyrrole nitrogens is 1. The van der Waals surface area contributed by atoms with Crippen molar-refractivity contribution in [1.29, 1.82) is 0 Å². The van der Waals surface area contributed by atoms with Gasteiger partial charge in [0.15, 0.2) is 15.4 Å². The Kier molecular flexibility index (Phi) is 2.98. The van der Waals surface area contributed by atoms with Crippen LogP contribution in [0.25, 0.3) is 10.9 Å². The first-order valence-corrected chi connectivity index (χ1v) is 10.6. The van der Waals surface area contributed by atoms with Crippen LogP contribution in [0.3, 0.4) is 0 Å². The van der Waals surface area contributed by atoms with Crippen LogP contribution in [-0.2, 0) is 26.6 Å². The second-order valence-corrected chi connectivity index (χ2v) is 9.74. The molecule has 3 aliphatic rings. The molecule has 2 fully saturated rings. The Morgan fingerprint density at radius 2 is 2.00 bits per heavy atom. The molecule has 8 heteroatoms. The molecule has 5 rings (SSSR count). The Balaban J connectivity index is 1.64. The smallest absolute Gasteiger partial charge is 0.328 e. The summed E-state index contributed by atoms with van der Waals surface area (Å²) in [5, 5.41) is 1.07. The molecule has 26 heavy (non-hydrogen) atoms. The van der Waals surface area contributed by atoms with E-state index in [1.807, 2.05) is 24.3 Å². The van der Waals surface area contributed by atoms with Gasteiger partial charge in [-0.05, 0) is 31.4 Å². The molecule has 2 aromatic rings. The Labute approximate surface area is 150 Å². The van der Waals surface area contributed by atoms with Crippen LogP contribution in [0.5, 0.6) is 0 Å². The molecule has 0 saturated carbocycles. The van der Waals surface area contributed by atoms with Crippen molar-refractivity contribution in [3.8, 4) is 0 Å². The number of benzene rings is 1. The van der Waals surface area contributed by atoms with Crippen LogP contribution >= 0.6 is 0 Å². The summed E-state index contributed by atoms with van der Waals surface area (Å²) in [7, 11) is -3.19. The number of urea groups is 1. The Morgan fingerprint density at radius 1 is 1.23 bits per heavy atom. The average Bonchev–Trinajstić information content (AvgIpc) is 3.21. The summed E-state index contributed by atoms with van der Waals surface area (Å²) in [5.74, 6) is -0.422. The lowest BCUT2D eigenvalue weighted by molar-refractivity contribution is -0.134. The van der Waals surface area contributed by atoms with Gasteiger partial charge in [0.25, 0.3) is 5.91 Å². The zero-order valence-corrected chi connectivity index (χ0v) is 15.2. The summed E-state index contributed by atoms with van der Waals surface area (Å²) in [5.41, 5.74) is 1.67. The van der Waals surface area contributed by atoms with E-state index in [2.05, 4.69) is 4.98 Å². The van der Waals surface area contributed by atoms with Gasteiger partial charge in [0.2, 0.25) is 0 Å². The maximum absolute atomic E-state index is 13.4. The molecule has 0 aliphatic carbocycles. The minimum absolute atomic E-state index is 0.0308. The van der Waals surface area contributed by atoms with Gasteiger partial charge >= 0.3 is 6.03 Å². The molecule has 3 amide bonds. The summed E-state index contributed by atoms with van der Waals surface area (Å²) in [6, 6.07) is 6.94. The number of hydrogen-bond acceptors (Lipinski definition) is 4. The maximum Gasteiger partial charge on any atom is 0.328 e. The van der Waals surface area contributed by atoms with Crippen molar-refractivity contribution in [2.75, 3.05) is 18.1 Å². The molecule has 0 unspecified atom stereocenters. The van der Waals surface area contributed by atoms with Gasteiger partial charge in [-0.1, -0.05) is 18.2 Å². The van der Waals surface area contributed by atoms with Crippen molar-refractivity contribution in [3.63, 3.8) is 0 Å². The molecule has 136 valence electrons. The van der Waals surface area contributed by atoms with E-state index >= 15 is 0 Å². The van der Waals surface area contributed by atoms with Gasteiger partial charge in [-0.2, -0.15) is 0 Å². The topological polar surface area (TPSA) is 90.6 Å². The largest absolute Gasteiger partial charge is 0.356 e. The van der Waals surface area contributed by atoms with E-state index in [0.29, 0.717) is 19.4 Å². The zero-order valence-electron chi connectivity index (χ0n) is 14.4. The molecular formula is C18H19N3O4S. The Hall–Kier alpha value is -2.35. The number of hydrogen-bond donors (Lipinski definition) is 1. The number of imide groups is 1. The number of fused-ring (bicyclic) bond motifs is 5. The molecule has 1 aromatic heterocycles. The molecule has 0 bridgehead atoms. The molecule has 0 spiro atoms. The third kappa shape index (κ3) is 1.85. The molecule has 7 nitrogen and oxygen atoms in total. The summed E-state index contributed by atoms with van der Waals surface area (Å²) in [6.45, 7) is 2.22. The minimum Gasteiger partial charge on any atom is -0.356 e. The van der Waals surface area contributed by atoms with Gasteiger partial charge in [0.05, 0.1) is 23.2 Å². The van der Waals surface area contributed by atoms with E-state index in [1.165, 1.54) is 4.90 Å². The molecule has 2 atom stereocenters. The molecule has 2 saturated heterocycles. The van der Waals surface area contributed by atoms with Crippen LogP contribution in [0.2, 0.25) is 0 Å². The van der Waals surface area contributed by atoms with Gasteiger partial charge < -0.3 is 9.88 Å². The molecule has 4 heterocycles. The summed E-state index contributed by atoms with van der Waals surface area (Å²) in [6.07, 6.45) is 0.994. The fourth-order valence-electron chi connectivity index (χ4n) is 4.72. The fraction of sp³-hybridized carbons (Fsp3) is 0.444. The van der Waals surface area contributed by atoms with Gasteiger partial charge in [-0.25, -0.2) is 13.2 Å². The number of rotatable bonds is 1. The summed E-state index contributed by atoms with van der Waals surface area (Å²) in [4.78, 5) is 32.5. The number of carbonyl (C=O) groups excluding carboxylic acids is 2. The summed E-state index contributed by atoms with van der Waals surface area (Å²) >= 11 is 0. The van der Waals surface area contributed by atoms with Crippen LogP contribution in [-0.4, -0.2) is 59.2 Å². The second-order valence-electron chi connectivity index (χ2n) is 7.51. The van der Waals surface area contributed by atoms with E-state index < -0.39 is 21.4 Å². The molecule has 1 aromatic carbocycles. The standard InChI is InChI=1S/C18H19N3O4S/c1-18-15-13(12-4-2-3-5-14(12)19-15)6-8-20(18)17(23)21(16(18)22)11-7-9-26(24,25)10-11/h2-5,11,19H,6-10H2,1H3/t11-,18-/m0/s1. The van der Waals surface area contributed by atoms with E-state index in [-0.39, 0.29) is 23.4 Å². The fourth-order valence-corrected chi connectivity index (χ4v) is 6.42. The van der Waals surface area contributed by atoms with Crippen molar-refractivity contribution in [2.24, 2.45) is 0 Å². The van der Waals surface area contributed by atoms with Gasteiger partial charge in [-0.3, -0.25) is 9.69 Å². The number of amides is 3. The van der Waals surface area contributed by atoms with E-state index in [0.717, 1.165) is 22.2 Å². The van der Waals surface area contributed by atoms with Crippen molar-refractivity contribution in [1.82, 2.24) is 14.8 Å². The second kappa shape index (κ2) is 4.88. The molecular weight excluding hydrogens is 354 g/mol. The number of nitrogens with one attached hydrogen (secondary N) is 1. The van der Waals surface area contributed by atoms with Crippen LogP contribution in [0.1, 0.15) is 24.6 Å². The lowest BCUT2D eigenvalue weighted by atomic mass is 9.87. The normalized spacial score (nSPS) is 30.1.